The van der Waals surface area contributed by atoms with E-state index in [2.05, 4.69) is 11.0 Å². The molecule has 1 unspecified atom stereocenters. The van der Waals surface area contributed by atoms with Gasteiger partial charge in [-0.3, -0.25) is 4.79 Å². The average Bonchev–Trinajstić information content (AvgIpc) is 3.18. The van der Waals surface area contributed by atoms with Crippen molar-refractivity contribution < 1.29 is 14.3 Å². The Morgan fingerprint density at radius 2 is 1.88 bits per heavy atom. The van der Waals surface area contributed by atoms with E-state index in [0.29, 0.717) is 13.0 Å². The summed E-state index contributed by atoms with van der Waals surface area (Å²) in [5.74, 6) is 1.70. The lowest BCUT2D eigenvalue weighted by Crippen LogP contribution is -2.40. The number of methoxy groups -OCH3 is 2. The lowest BCUT2D eigenvalue weighted by atomic mass is 9.71. The Kier molecular flexibility index (Phi) is 6.07. The summed E-state index contributed by atoms with van der Waals surface area (Å²) >= 11 is 0. The summed E-state index contributed by atoms with van der Waals surface area (Å²) in [6, 6.07) is 6.11. The van der Waals surface area contributed by atoms with Crippen LogP contribution in [0.25, 0.3) is 0 Å². The highest BCUT2D eigenvalue weighted by Gasteiger charge is 2.37. The van der Waals surface area contributed by atoms with Gasteiger partial charge in [0.2, 0.25) is 5.91 Å². The molecule has 0 radical (unpaired) electrons. The van der Waals surface area contributed by atoms with Crippen molar-refractivity contribution in [1.29, 1.82) is 0 Å². The average molecular weight is 360 g/mol. The highest BCUT2D eigenvalue weighted by molar-refractivity contribution is 5.78. The number of hydrogen-bond acceptors (Lipinski definition) is 4. The zero-order valence-corrected chi connectivity index (χ0v) is 16.1. The van der Waals surface area contributed by atoms with E-state index in [1.165, 1.54) is 19.3 Å². The van der Waals surface area contributed by atoms with Crippen LogP contribution in [-0.2, 0) is 4.79 Å². The van der Waals surface area contributed by atoms with Gasteiger partial charge in [0.25, 0.3) is 0 Å². The summed E-state index contributed by atoms with van der Waals surface area (Å²) < 4.78 is 10.8. The number of rotatable bonds is 6. The molecule has 144 valence electrons. The zero-order valence-electron chi connectivity index (χ0n) is 16.1. The van der Waals surface area contributed by atoms with Gasteiger partial charge in [-0.25, -0.2) is 0 Å². The molecule has 1 aliphatic carbocycles. The fraction of sp³-hybridized carbons (Fsp3) is 0.667. The Morgan fingerprint density at radius 3 is 2.54 bits per heavy atom. The summed E-state index contributed by atoms with van der Waals surface area (Å²) in [6.45, 7) is 1.45. The molecule has 1 amide bonds. The van der Waals surface area contributed by atoms with Crippen LogP contribution in [0.1, 0.15) is 63.0 Å². The van der Waals surface area contributed by atoms with Gasteiger partial charge >= 0.3 is 0 Å². The molecule has 0 bridgehead atoms. The van der Waals surface area contributed by atoms with Gasteiger partial charge in [-0.05, 0) is 55.3 Å². The van der Waals surface area contributed by atoms with Crippen LogP contribution in [0.3, 0.4) is 0 Å². The quantitative estimate of drug-likeness (QED) is 0.841. The van der Waals surface area contributed by atoms with Crippen LogP contribution in [0.2, 0.25) is 0 Å². The molecular weight excluding hydrogens is 328 g/mol. The SMILES string of the molecule is COc1ccc(C2CCCN2C(=O)CC2(CN)CCCCC2)cc1OC. The second-order valence-corrected chi connectivity index (χ2v) is 7.80. The minimum Gasteiger partial charge on any atom is -0.493 e. The van der Waals surface area contributed by atoms with E-state index in [9.17, 15) is 4.79 Å². The fourth-order valence-electron chi connectivity index (χ4n) is 4.65. The molecule has 1 aromatic rings. The minimum atomic E-state index is 0.0140. The summed E-state index contributed by atoms with van der Waals surface area (Å²) in [4.78, 5) is 15.2. The molecule has 0 spiro atoms. The first-order valence-electron chi connectivity index (χ1n) is 9.84. The third kappa shape index (κ3) is 3.83. The van der Waals surface area contributed by atoms with E-state index in [4.69, 9.17) is 15.2 Å². The number of benzene rings is 1. The molecule has 1 atom stereocenters. The van der Waals surface area contributed by atoms with E-state index >= 15 is 0 Å². The molecule has 1 saturated heterocycles. The smallest absolute Gasteiger partial charge is 0.223 e. The van der Waals surface area contributed by atoms with Crippen molar-refractivity contribution in [3.8, 4) is 11.5 Å². The summed E-state index contributed by atoms with van der Waals surface area (Å²) in [6.07, 6.45) is 8.47. The van der Waals surface area contributed by atoms with Gasteiger partial charge in [0.05, 0.1) is 20.3 Å². The zero-order chi connectivity index (χ0) is 18.6. The Morgan fingerprint density at radius 1 is 1.15 bits per heavy atom. The number of nitrogens with zero attached hydrogens (tertiary/aromatic N) is 1. The largest absolute Gasteiger partial charge is 0.493 e. The molecule has 1 saturated carbocycles. The molecule has 5 nitrogen and oxygen atoms in total. The summed E-state index contributed by atoms with van der Waals surface area (Å²) in [7, 11) is 3.28. The molecular formula is C21H32N2O3. The van der Waals surface area contributed by atoms with Crippen LogP contribution in [0.4, 0.5) is 0 Å². The van der Waals surface area contributed by atoms with Crippen LogP contribution in [0, 0.1) is 5.41 Å². The van der Waals surface area contributed by atoms with Crippen LogP contribution in [0.15, 0.2) is 18.2 Å². The summed E-state index contributed by atoms with van der Waals surface area (Å²) in [5.41, 5.74) is 7.24. The number of likely N-dealkylation sites (tertiary alicyclic amines) is 1. The number of carbonyl (C=O) groups excluding carboxylic acids is 1. The van der Waals surface area contributed by atoms with Gasteiger partial charge in [0.15, 0.2) is 11.5 Å². The van der Waals surface area contributed by atoms with Crippen molar-refractivity contribution in [2.24, 2.45) is 11.1 Å². The van der Waals surface area contributed by atoms with Gasteiger partial charge in [-0.1, -0.05) is 25.3 Å². The number of carbonyl (C=O) groups is 1. The monoisotopic (exact) mass is 360 g/mol. The molecule has 2 N–H and O–H groups in total. The Bertz CT molecular complexity index is 626. The van der Waals surface area contributed by atoms with Gasteiger partial charge < -0.3 is 20.1 Å². The number of nitrogens with two attached hydrogens (primary N) is 1. The van der Waals surface area contributed by atoms with Crippen molar-refractivity contribution in [3.63, 3.8) is 0 Å². The Balaban J connectivity index is 1.76. The van der Waals surface area contributed by atoms with Crippen LogP contribution in [0.5, 0.6) is 11.5 Å². The summed E-state index contributed by atoms with van der Waals surface area (Å²) in [5, 5.41) is 0. The van der Waals surface area contributed by atoms with E-state index in [1.807, 2.05) is 12.1 Å². The van der Waals surface area contributed by atoms with Gasteiger partial charge in [-0.15, -0.1) is 0 Å². The molecule has 26 heavy (non-hydrogen) atoms. The molecule has 3 rings (SSSR count). The lowest BCUT2D eigenvalue weighted by Gasteiger charge is -2.37. The van der Waals surface area contributed by atoms with Crippen molar-refractivity contribution in [2.45, 2.75) is 57.4 Å². The highest BCUT2D eigenvalue weighted by atomic mass is 16.5. The predicted molar refractivity (Wildman–Crippen MR) is 102 cm³/mol. The first-order valence-corrected chi connectivity index (χ1v) is 9.84. The van der Waals surface area contributed by atoms with Crippen LogP contribution in [-0.4, -0.2) is 38.1 Å². The minimum absolute atomic E-state index is 0.0140. The lowest BCUT2D eigenvalue weighted by molar-refractivity contribution is -0.135. The van der Waals surface area contributed by atoms with Crippen LogP contribution < -0.4 is 15.2 Å². The van der Waals surface area contributed by atoms with Gasteiger partial charge in [0, 0.05) is 13.0 Å². The van der Waals surface area contributed by atoms with Crippen LogP contribution >= 0.6 is 0 Å². The Labute approximate surface area is 156 Å². The fourth-order valence-corrected chi connectivity index (χ4v) is 4.65. The molecule has 2 aliphatic rings. The molecule has 0 aromatic heterocycles. The van der Waals surface area contributed by atoms with Gasteiger partial charge in [-0.2, -0.15) is 0 Å². The second kappa shape index (κ2) is 8.30. The van der Waals surface area contributed by atoms with E-state index in [0.717, 1.165) is 49.3 Å². The maximum absolute atomic E-state index is 13.2. The van der Waals surface area contributed by atoms with Crippen molar-refractivity contribution in [2.75, 3.05) is 27.3 Å². The molecule has 1 aromatic carbocycles. The van der Waals surface area contributed by atoms with E-state index in [1.54, 1.807) is 14.2 Å². The Hall–Kier alpha value is -1.75. The number of ether oxygens (including phenoxy) is 2. The number of hydrogen-bond donors (Lipinski definition) is 1. The maximum atomic E-state index is 13.2. The molecule has 5 heteroatoms. The molecule has 2 fully saturated rings. The third-order valence-corrected chi connectivity index (χ3v) is 6.24. The predicted octanol–water partition coefficient (Wildman–Crippen LogP) is 3.67. The topological polar surface area (TPSA) is 64.8 Å². The van der Waals surface area contributed by atoms with E-state index < -0.39 is 0 Å². The molecule has 1 heterocycles. The first-order chi connectivity index (χ1) is 12.6. The van der Waals surface area contributed by atoms with Crippen molar-refractivity contribution >= 4 is 5.91 Å². The first kappa shape index (κ1) is 19.0. The second-order valence-electron chi connectivity index (χ2n) is 7.80. The number of amides is 1. The third-order valence-electron chi connectivity index (χ3n) is 6.24. The molecule has 1 aliphatic heterocycles. The normalized spacial score (nSPS) is 22.3. The highest BCUT2D eigenvalue weighted by Crippen LogP contribution is 2.42. The standard InChI is InChI=1S/C21H32N2O3/c1-25-18-9-8-16(13-19(18)26-2)17-7-6-12-23(17)20(24)14-21(15-22)10-4-3-5-11-21/h8-9,13,17H,3-7,10-12,14-15,22H2,1-2H3. The van der Waals surface area contributed by atoms with E-state index in [-0.39, 0.29) is 17.4 Å². The van der Waals surface area contributed by atoms with Gasteiger partial charge in [0.1, 0.15) is 0 Å². The van der Waals surface area contributed by atoms with Crippen molar-refractivity contribution in [1.82, 2.24) is 4.90 Å². The van der Waals surface area contributed by atoms with Crippen molar-refractivity contribution in [3.05, 3.63) is 23.8 Å². The maximum Gasteiger partial charge on any atom is 0.223 e.